The fourth-order valence-corrected chi connectivity index (χ4v) is 2.65. The second-order valence-corrected chi connectivity index (χ2v) is 7.91. The summed E-state index contributed by atoms with van der Waals surface area (Å²) in [5.41, 5.74) is 0. The van der Waals surface area contributed by atoms with E-state index < -0.39 is 11.0 Å². The van der Waals surface area contributed by atoms with Crippen molar-refractivity contribution in [2.45, 2.75) is 38.5 Å². The molecule has 0 bridgehead atoms. The van der Waals surface area contributed by atoms with Crippen LogP contribution < -0.4 is 4.72 Å². The minimum atomic E-state index is -1.09. The summed E-state index contributed by atoms with van der Waals surface area (Å²) >= 11 is 7.19. The van der Waals surface area contributed by atoms with Gasteiger partial charge in [0.15, 0.2) is 0 Å². The molecule has 0 saturated carbocycles. The van der Waals surface area contributed by atoms with Crippen LogP contribution in [0, 0.1) is 0 Å². The summed E-state index contributed by atoms with van der Waals surface area (Å²) in [6.07, 6.45) is 1.61. The minimum Gasteiger partial charge on any atom is -0.246 e. The first-order chi connectivity index (χ1) is 6.80. The van der Waals surface area contributed by atoms with Gasteiger partial charge in [-0.1, -0.05) is 11.6 Å². The van der Waals surface area contributed by atoms with E-state index in [0.717, 1.165) is 5.01 Å². The third-order valence-corrected chi connectivity index (χ3v) is 4.68. The van der Waals surface area contributed by atoms with E-state index in [-0.39, 0.29) is 10.8 Å². The minimum absolute atomic E-state index is 0.0393. The number of nitrogens with zero attached hydrogens (tertiary/aromatic N) is 1. The first-order valence-corrected chi connectivity index (χ1v) is 6.94. The molecule has 86 valence electrons. The van der Waals surface area contributed by atoms with Gasteiger partial charge in [-0.05, 0) is 27.7 Å². The first kappa shape index (κ1) is 13.1. The second kappa shape index (κ2) is 4.91. The lowest BCUT2D eigenvalue weighted by Gasteiger charge is -2.20. The Balaban J connectivity index is 2.64. The molecule has 0 aliphatic carbocycles. The Labute approximate surface area is 102 Å². The van der Waals surface area contributed by atoms with Gasteiger partial charge in [-0.15, -0.1) is 11.3 Å². The molecule has 0 aliphatic heterocycles. The van der Waals surface area contributed by atoms with Crippen molar-refractivity contribution in [3.05, 3.63) is 15.5 Å². The highest BCUT2D eigenvalue weighted by atomic mass is 35.5. The van der Waals surface area contributed by atoms with Crippen LogP contribution in [0.3, 0.4) is 0 Å². The van der Waals surface area contributed by atoms with Crippen molar-refractivity contribution in [3.8, 4) is 0 Å². The number of hydrogen-bond donors (Lipinski definition) is 1. The predicted octanol–water partition coefficient (Wildman–Crippen LogP) is 2.91. The van der Waals surface area contributed by atoms with Crippen LogP contribution in [0.25, 0.3) is 0 Å². The molecule has 1 aromatic heterocycles. The smallest absolute Gasteiger partial charge is 0.113 e. The summed E-state index contributed by atoms with van der Waals surface area (Å²) in [6, 6.07) is -0.0393. The highest BCUT2D eigenvalue weighted by Gasteiger charge is 2.22. The molecule has 6 heteroatoms. The molecule has 0 aliphatic rings. The zero-order chi connectivity index (χ0) is 11.6. The Morgan fingerprint density at radius 3 is 2.60 bits per heavy atom. The van der Waals surface area contributed by atoms with Crippen molar-refractivity contribution in [2.24, 2.45) is 0 Å². The zero-order valence-electron chi connectivity index (χ0n) is 9.20. The molecule has 1 aromatic rings. The lowest BCUT2D eigenvalue weighted by molar-refractivity contribution is 0.615. The van der Waals surface area contributed by atoms with Crippen molar-refractivity contribution >= 4 is 33.9 Å². The Hall–Kier alpha value is 0.0300. The number of hydrogen-bond acceptors (Lipinski definition) is 3. The van der Waals surface area contributed by atoms with Crippen LogP contribution in [0.15, 0.2) is 6.20 Å². The fourth-order valence-electron chi connectivity index (χ4n) is 0.855. The Morgan fingerprint density at radius 2 is 2.20 bits per heavy atom. The predicted molar refractivity (Wildman–Crippen MR) is 66.6 cm³/mol. The number of aromatic nitrogens is 1. The molecular formula is C9H15ClN2OS2. The molecule has 15 heavy (non-hydrogen) atoms. The summed E-state index contributed by atoms with van der Waals surface area (Å²) in [5.74, 6) is 0. The largest absolute Gasteiger partial charge is 0.246 e. The fraction of sp³-hybridized carbons (Fsp3) is 0.667. The molecular weight excluding hydrogens is 252 g/mol. The zero-order valence-corrected chi connectivity index (χ0v) is 11.6. The van der Waals surface area contributed by atoms with Crippen molar-refractivity contribution in [3.63, 3.8) is 0 Å². The van der Waals surface area contributed by atoms with Crippen LogP contribution in [0.4, 0.5) is 0 Å². The normalized spacial score (nSPS) is 16.3. The van der Waals surface area contributed by atoms with Crippen LogP contribution in [-0.4, -0.2) is 13.9 Å². The molecule has 0 saturated heterocycles. The van der Waals surface area contributed by atoms with Gasteiger partial charge in [-0.3, -0.25) is 0 Å². The van der Waals surface area contributed by atoms with Gasteiger partial charge in [0.05, 0.1) is 28.0 Å². The summed E-state index contributed by atoms with van der Waals surface area (Å²) in [4.78, 5) is 4.14. The SMILES string of the molecule is C[C@@H](N[S@](=O)C(C)(C)C)c1ncc(Cl)s1. The van der Waals surface area contributed by atoms with E-state index in [2.05, 4.69) is 9.71 Å². The van der Waals surface area contributed by atoms with Crippen LogP contribution in [0.5, 0.6) is 0 Å². The molecule has 2 atom stereocenters. The van der Waals surface area contributed by atoms with Gasteiger partial charge >= 0.3 is 0 Å². The van der Waals surface area contributed by atoms with E-state index in [1.54, 1.807) is 6.20 Å². The molecule has 0 radical (unpaired) electrons. The molecule has 0 aromatic carbocycles. The Morgan fingerprint density at radius 1 is 1.60 bits per heavy atom. The highest BCUT2D eigenvalue weighted by Crippen LogP contribution is 2.24. The summed E-state index contributed by atoms with van der Waals surface area (Å²) in [5, 5.41) is 0.859. The van der Waals surface area contributed by atoms with Crippen LogP contribution in [0.2, 0.25) is 4.34 Å². The maximum absolute atomic E-state index is 11.8. The average molecular weight is 267 g/mol. The van der Waals surface area contributed by atoms with E-state index in [9.17, 15) is 4.21 Å². The highest BCUT2D eigenvalue weighted by molar-refractivity contribution is 7.84. The quantitative estimate of drug-likeness (QED) is 0.914. The van der Waals surface area contributed by atoms with Crippen LogP contribution in [-0.2, 0) is 11.0 Å². The van der Waals surface area contributed by atoms with Crippen molar-refractivity contribution in [2.75, 3.05) is 0 Å². The van der Waals surface area contributed by atoms with E-state index in [0.29, 0.717) is 4.34 Å². The third-order valence-electron chi connectivity index (χ3n) is 1.71. The number of rotatable bonds is 3. The summed E-state index contributed by atoms with van der Waals surface area (Å²) in [7, 11) is -1.09. The van der Waals surface area contributed by atoms with Crippen LogP contribution in [0.1, 0.15) is 38.7 Å². The number of halogens is 1. The van der Waals surface area contributed by atoms with Crippen molar-refractivity contribution < 1.29 is 4.21 Å². The van der Waals surface area contributed by atoms with E-state index in [4.69, 9.17) is 11.6 Å². The summed E-state index contributed by atoms with van der Waals surface area (Å²) in [6.45, 7) is 7.71. The van der Waals surface area contributed by atoms with Crippen molar-refractivity contribution in [1.82, 2.24) is 9.71 Å². The molecule has 1 N–H and O–H groups in total. The monoisotopic (exact) mass is 266 g/mol. The van der Waals surface area contributed by atoms with E-state index in [1.807, 2.05) is 27.7 Å². The lowest BCUT2D eigenvalue weighted by atomic mass is 10.3. The van der Waals surface area contributed by atoms with Gasteiger partial charge in [-0.2, -0.15) is 0 Å². The molecule has 0 fully saturated rings. The molecule has 0 amide bonds. The van der Waals surface area contributed by atoms with Gasteiger partial charge in [0.25, 0.3) is 0 Å². The average Bonchev–Trinajstić information content (AvgIpc) is 2.50. The third kappa shape index (κ3) is 3.83. The summed E-state index contributed by atoms with van der Waals surface area (Å²) < 4.78 is 15.2. The molecule has 0 unspecified atom stereocenters. The molecule has 3 nitrogen and oxygen atoms in total. The standard InChI is InChI=1S/C9H15ClN2OS2/c1-6(8-11-5-7(10)14-8)12-15(13)9(2,3)4/h5-6,12H,1-4H3/t6-,15-/m1/s1. The Kier molecular flexibility index (Phi) is 4.29. The van der Waals surface area contributed by atoms with E-state index >= 15 is 0 Å². The maximum Gasteiger partial charge on any atom is 0.113 e. The molecule has 0 spiro atoms. The van der Waals surface area contributed by atoms with Gasteiger partial charge < -0.3 is 0 Å². The van der Waals surface area contributed by atoms with Gasteiger partial charge in [0, 0.05) is 0 Å². The van der Waals surface area contributed by atoms with Gasteiger partial charge in [-0.25, -0.2) is 13.9 Å². The number of thiazole rings is 1. The first-order valence-electron chi connectivity index (χ1n) is 4.60. The molecule has 1 heterocycles. The van der Waals surface area contributed by atoms with E-state index in [1.165, 1.54) is 11.3 Å². The van der Waals surface area contributed by atoms with Gasteiger partial charge in [0.2, 0.25) is 0 Å². The topological polar surface area (TPSA) is 42.0 Å². The second-order valence-electron chi connectivity index (χ2n) is 4.22. The van der Waals surface area contributed by atoms with Gasteiger partial charge in [0.1, 0.15) is 9.34 Å². The van der Waals surface area contributed by atoms with Crippen molar-refractivity contribution in [1.29, 1.82) is 0 Å². The lowest BCUT2D eigenvalue weighted by Crippen LogP contribution is -2.34. The van der Waals surface area contributed by atoms with Crippen LogP contribution >= 0.6 is 22.9 Å². The maximum atomic E-state index is 11.8. The number of nitrogens with one attached hydrogen (secondary N) is 1. The Bertz CT molecular complexity index is 359. The molecule has 1 rings (SSSR count).